The van der Waals surface area contributed by atoms with Crippen LogP contribution in [-0.2, 0) is 6.42 Å². The number of aromatic nitrogens is 3. The molecule has 74 valence electrons. The van der Waals surface area contributed by atoms with Gasteiger partial charge in [-0.25, -0.2) is 4.98 Å². The number of H-pyrrole nitrogens is 1. The van der Waals surface area contributed by atoms with E-state index >= 15 is 0 Å². The third kappa shape index (κ3) is 3.14. The normalized spacial score (nSPS) is 12.5. The molecule has 1 rings (SSSR count). The maximum absolute atomic E-state index is 9.53. The number of hydrogen-bond acceptors (Lipinski definition) is 3. The van der Waals surface area contributed by atoms with Gasteiger partial charge in [-0.15, -0.1) is 0 Å². The Kier molecular flexibility index (Phi) is 2.71. The molecule has 1 aromatic rings. The highest BCUT2D eigenvalue weighted by Crippen LogP contribution is 2.12. The molecule has 1 aromatic heterocycles. The molecular weight excluding hydrogens is 166 g/mol. The van der Waals surface area contributed by atoms with Gasteiger partial charge in [-0.3, -0.25) is 5.10 Å². The Bertz CT molecular complexity index is 273. The summed E-state index contributed by atoms with van der Waals surface area (Å²) in [6.07, 6.45) is 0.507. The van der Waals surface area contributed by atoms with Crippen molar-refractivity contribution in [3.05, 3.63) is 11.6 Å². The minimum absolute atomic E-state index is 0.326. The van der Waals surface area contributed by atoms with Crippen LogP contribution >= 0.6 is 0 Å². The van der Waals surface area contributed by atoms with E-state index in [1.54, 1.807) is 13.8 Å². The summed E-state index contributed by atoms with van der Waals surface area (Å²) in [6.45, 7) is 7.59. The molecule has 4 heteroatoms. The van der Waals surface area contributed by atoms with Crippen LogP contribution in [0.1, 0.15) is 45.3 Å². The van der Waals surface area contributed by atoms with E-state index in [4.69, 9.17) is 0 Å². The molecule has 0 spiro atoms. The van der Waals surface area contributed by atoms with Crippen molar-refractivity contribution in [2.75, 3.05) is 0 Å². The minimum Gasteiger partial charge on any atom is -0.390 e. The topological polar surface area (TPSA) is 61.8 Å². The number of aromatic amines is 1. The molecule has 0 aromatic carbocycles. The van der Waals surface area contributed by atoms with E-state index in [0.29, 0.717) is 12.3 Å². The van der Waals surface area contributed by atoms with E-state index in [0.717, 1.165) is 11.6 Å². The van der Waals surface area contributed by atoms with Crippen molar-refractivity contribution in [2.45, 2.75) is 45.6 Å². The first-order valence-corrected chi connectivity index (χ1v) is 4.52. The number of hydrogen-bond donors (Lipinski definition) is 2. The summed E-state index contributed by atoms with van der Waals surface area (Å²) in [5, 5.41) is 16.4. The fourth-order valence-electron chi connectivity index (χ4n) is 1.06. The van der Waals surface area contributed by atoms with Crippen LogP contribution in [0.15, 0.2) is 0 Å². The lowest BCUT2D eigenvalue weighted by Gasteiger charge is -2.13. The Hall–Kier alpha value is -0.900. The number of nitrogens with zero attached hydrogens (tertiary/aromatic N) is 2. The monoisotopic (exact) mass is 183 g/mol. The van der Waals surface area contributed by atoms with Crippen molar-refractivity contribution in [3.8, 4) is 0 Å². The van der Waals surface area contributed by atoms with Crippen LogP contribution in [-0.4, -0.2) is 25.9 Å². The first kappa shape index (κ1) is 10.2. The predicted molar refractivity (Wildman–Crippen MR) is 50.5 cm³/mol. The molecule has 0 fully saturated rings. The van der Waals surface area contributed by atoms with Crippen molar-refractivity contribution in [2.24, 2.45) is 0 Å². The second kappa shape index (κ2) is 3.46. The fourth-order valence-corrected chi connectivity index (χ4v) is 1.06. The Morgan fingerprint density at radius 2 is 2.08 bits per heavy atom. The van der Waals surface area contributed by atoms with Gasteiger partial charge in [-0.2, -0.15) is 5.10 Å². The summed E-state index contributed by atoms with van der Waals surface area (Å²) in [4.78, 5) is 4.27. The predicted octanol–water partition coefficient (Wildman–Crippen LogP) is 1.24. The lowest BCUT2D eigenvalue weighted by molar-refractivity contribution is 0.0789. The zero-order valence-electron chi connectivity index (χ0n) is 8.63. The highest BCUT2D eigenvalue weighted by atomic mass is 16.3. The van der Waals surface area contributed by atoms with Gasteiger partial charge in [0.1, 0.15) is 5.82 Å². The standard InChI is InChI=1S/C9H17N3O/c1-6(2)8-10-7(11-12-8)5-9(3,4)13/h6,13H,5H2,1-4H3,(H,10,11,12). The molecule has 0 unspecified atom stereocenters. The zero-order chi connectivity index (χ0) is 10.1. The van der Waals surface area contributed by atoms with E-state index < -0.39 is 5.60 Å². The molecule has 0 radical (unpaired) electrons. The second-order valence-corrected chi connectivity index (χ2v) is 4.28. The molecule has 0 saturated carbocycles. The van der Waals surface area contributed by atoms with Crippen LogP contribution < -0.4 is 0 Å². The Morgan fingerprint density at radius 1 is 1.46 bits per heavy atom. The molecule has 0 aliphatic heterocycles. The Labute approximate surface area is 78.4 Å². The van der Waals surface area contributed by atoms with Crippen LogP contribution in [0.2, 0.25) is 0 Å². The molecule has 13 heavy (non-hydrogen) atoms. The van der Waals surface area contributed by atoms with Gasteiger partial charge in [0.05, 0.1) is 5.60 Å². The van der Waals surface area contributed by atoms with Gasteiger partial charge in [0.2, 0.25) is 0 Å². The van der Waals surface area contributed by atoms with E-state index in [2.05, 4.69) is 15.2 Å². The maximum Gasteiger partial charge on any atom is 0.153 e. The van der Waals surface area contributed by atoms with Crippen LogP contribution in [0.4, 0.5) is 0 Å². The molecule has 2 N–H and O–H groups in total. The highest BCUT2D eigenvalue weighted by Gasteiger charge is 2.16. The van der Waals surface area contributed by atoms with Gasteiger partial charge in [0.25, 0.3) is 0 Å². The third-order valence-electron chi connectivity index (χ3n) is 1.67. The largest absolute Gasteiger partial charge is 0.390 e. The molecule has 1 heterocycles. The lowest BCUT2D eigenvalue weighted by atomic mass is 10.1. The van der Waals surface area contributed by atoms with Gasteiger partial charge in [0.15, 0.2) is 5.82 Å². The van der Waals surface area contributed by atoms with E-state index in [1.807, 2.05) is 13.8 Å². The average Bonchev–Trinajstić information content (AvgIpc) is 2.31. The van der Waals surface area contributed by atoms with Crippen molar-refractivity contribution in [3.63, 3.8) is 0 Å². The quantitative estimate of drug-likeness (QED) is 0.741. The van der Waals surface area contributed by atoms with Crippen molar-refractivity contribution in [1.82, 2.24) is 15.2 Å². The highest BCUT2D eigenvalue weighted by molar-refractivity contribution is 4.97. The molecule has 0 aliphatic carbocycles. The first-order chi connectivity index (χ1) is 5.88. The van der Waals surface area contributed by atoms with Crippen molar-refractivity contribution >= 4 is 0 Å². The number of nitrogens with one attached hydrogen (secondary N) is 1. The van der Waals surface area contributed by atoms with Crippen LogP contribution in [0.25, 0.3) is 0 Å². The first-order valence-electron chi connectivity index (χ1n) is 4.52. The maximum atomic E-state index is 9.53. The Balaban J connectivity index is 2.70. The summed E-state index contributed by atoms with van der Waals surface area (Å²) in [5.74, 6) is 1.88. The van der Waals surface area contributed by atoms with Gasteiger partial charge in [-0.1, -0.05) is 13.8 Å². The molecule has 0 atom stereocenters. The lowest BCUT2D eigenvalue weighted by Crippen LogP contribution is -2.22. The number of rotatable bonds is 3. The summed E-state index contributed by atoms with van der Waals surface area (Å²) >= 11 is 0. The van der Waals surface area contributed by atoms with Crippen molar-refractivity contribution in [1.29, 1.82) is 0 Å². The Morgan fingerprint density at radius 3 is 2.46 bits per heavy atom. The summed E-state index contributed by atoms with van der Waals surface area (Å²) in [5.41, 5.74) is -0.728. The third-order valence-corrected chi connectivity index (χ3v) is 1.67. The second-order valence-electron chi connectivity index (χ2n) is 4.28. The summed E-state index contributed by atoms with van der Waals surface area (Å²) in [7, 11) is 0. The summed E-state index contributed by atoms with van der Waals surface area (Å²) in [6, 6.07) is 0. The van der Waals surface area contributed by atoms with Crippen molar-refractivity contribution < 1.29 is 5.11 Å². The zero-order valence-corrected chi connectivity index (χ0v) is 8.63. The van der Waals surface area contributed by atoms with Gasteiger partial charge >= 0.3 is 0 Å². The molecule has 0 aliphatic rings. The fraction of sp³-hybridized carbons (Fsp3) is 0.778. The number of aliphatic hydroxyl groups is 1. The minimum atomic E-state index is -0.728. The summed E-state index contributed by atoms with van der Waals surface area (Å²) < 4.78 is 0. The molecule has 0 bridgehead atoms. The van der Waals surface area contributed by atoms with Gasteiger partial charge in [-0.05, 0) is 13.8 Å². The van der Waals surface area contributed by atoms with Crippen LogP contribution in [0.5, 0.6) is 0 Å². The van der Waals surface area contributed by atoms with Crippen LogP contribution in [0.3, 0.4) is 0 Å². The SMILES string of the molecule is CC(C)c1n[nH]c(CC(C)(C)O)n1. The smallest absolute Gasteiger partial charge is 0.153 e. The molecular formula is C9H17N3O. The molecule has 4 nitrogen and oxygen atoms in total. The molecule has 0 saturated heterocycles. The van der Waals surface area contributed by atoms with Crippen LogP contribution in [0, 0.1) is 0 Å². The average molecular weight is 183 g/mol. The van der Waals surface area contributed by atoms with Gasteiger partial charge in [0, 0.05) is 12.3 Å². The van der Waals surface area contributed by atoms with E-state index in [1.165, 1.54) is 0 Å². The van der Waals surface area contributed by atoms with Gasteiger partial charge < -0.3 is 5.11 Å². The van der Waals surface area contributed by atoms with E-state index in [9.17, 15) is 5.11 Å². The van der Waals surface area contributed by atoms with E-state index in [-0.39, 0.29) is 0 Å². The molecule has 0 amide bonds.